The molecule has 1 aromatic carbocycles. The van der Waals surface area contributed by atoms with Gasteiger partial charge in [0, 0.05) is 30.3 Å². The molecule has 0 radical (unpaired) electrons. The smallest absolute Gasteiger partial charge is 0.319 e. The Bertz CT molecular complexity index is 518. The SMILES string of the molecule is CC(CCC(=O)O)NC(=O)Nc1cccc([N+](=O)[O-])c1. The zero-order valence-electron chi connectivity index (χ0n) is 10.8. The molecule has 0 saturated carbocycles. The molecule has 2 amide bonds. The van der Waals surface area contributed by atoms with Crippen LogP contribution in [0.3, 0.4) is 0 Å². The van der Waals surface area contributed by atoms with Gasteiger partial charge < -0.3 is 15.7 Å². The van der Waals surface area contributed by atoms with Crippen LogP contribution >= 0.6 is 0 Å². The normalized spacial score (nSPS) is 11.4. The highest BCUT2D eigenvalue weighted by molar-refractivity contribution is 5.89. The molecule has 8 nitrogen and oxygen atoms in total. The number of hydrogen-bond acceptors (Lipinski definition) is 4. The maximum atomic E-state index is 11.6. The van der Waals surface area contributed by atoms with E-state index in [2.05, 4.69) is 10.6 Å². The van der Waals surface area contributed by atoms with Crippen LogP contribution in [-0.2, 0) is 4.79 Å². The number of carboxylic acid groups (broad SMARTS) is 1. The summed E-state index contributed by atoms with van der Waals surface area (Å²) in [6.07, 6.45) is 0.260. The lowest BCUT2D eigenvalue weighted by Gasteiger charge is -2.13. The summed E-state index contributed by atoms with van der Waals surface area (Å²) in [5, 5.41) is 24.1. The van der Waals surface area contributed by atoms with Gasteiger partial charge in [-0.1, -0.05) is 6.07 Å². The van der Waals surface area contributed by atoms with Crippen LogP contribution in [0.25, 0.3) is 0 Å². The summed E-state index contributed by atoms with van der Waals surface area (Å²) in [4.78, 5) is 32.0. The third-order valence-corrected chi connectivity index (χ3v) is 2.48. The number of rotatable bonds is 6. The zero-order chi connectivity index (χ0) is 15.1. The van der Waals surface area contributed by atoms with Gasteiger partial charge in [0.2, 0.25) is 0 Å². The van der Waals surface area contributed by atoms with Crippen LogP contribution in [0.5, 0.6) is 0 Å². The van der Waals surface area contributed by atoms with Gasteiger partial charge in [-0.3, -0.25) is 14.9 Å². The Morgan fingerprint density at radius 3 is 2.75 bits per heavy atom. The van der Waals surface area contributed by atoms with E-state index in [9.17, 15) is 19.7 Å². The van der Waals surface area contributed by atoms with Crippen LogP contribution in [0, 0.1) is 10.1 Å². The zero-order valence-corrected chi connectivity index (χ0v) is 10.8. The molecule has 3 N–H and O–H groups in total. The monoisotopic (exact) mass is 281 g/mol. The van der Waals surface area contributed by atoms with E-state index in [1.54, 1.807) is 6.92 Å². The fraction of sp³-hybridized carbons (Fsp3) is 0.333. The maximum absolute atomic E-state index is 11.6. The number of hydrogen-bond donors (Lipinski definition) is 3. The van der Waals surface area contributed by atoms with E-state index in [-0.39, 0.29) is 18.2 Å². The average molecular weight is 281 g/mol. The molecular formula is C12H15N3O5. The summed E-state index contributed by atoms with van der Waals surface area (Å²) in [6.45, 7) is 1.68. The molecule has 1 unspecified atom stereocenters. The quantitative estimate of drug-likeness (QED) is 0.543. The molecule has 0 aromatic heterocycles. The predicted octanol–water partition coefficient (Wildman–Crippen LogP) is 1.97. The van der Waals surface area contributed by atoms with Gasteiger partial charge in [-0.15, -0.1) is 0 Å². The fourth-order valence-electron chi connectivity index (χ4n) is 1.50. The van der Waals surface area contributed by atoms with Gasteiger partial charge in [0.05, 0.1) is 4.92 Å². The summed E-state index contributed by atoms with van der Waals surface area (Å²) < 4.78 is 0. The molecule has 108 valence electrons. The third-order valence-electron chi connectivity index (χ3n) is 2.48. The number of nitro benzene ring substituents is 1. The maximum Gasteiger partial charge on any atom is 0.319 e. The highest BCUT2D eigenvalue weighted by Crippen LogP contribution is 2.16. The minimum Gasteiger partial charge on any atom is -0.481 e. The van der Waals surface area contributed by atoms with E-state index < -0.39 is 16.9 Å². The molecule has 0 aliphatic heterocycles. The number of nitrogens with zero attached hydrogens (tertiary/aromatic N) is 1. The van der Waals surface area contributed by atoms with Crippen molar-refractivity contribution in [2.24, 2.45) is 0 Å². The minimum absolute atomic E-state index is 0.0434. The van der Waals surface area contributed by atoms with E-state index in [0.717, 1.165) is 0 Å². The van der Waals surface area contributed by atoms with E-state index in [4.69, 9.17) is 5.11 Å². The van der Waals surface area contributed by atoms with Crippen LogP contribution in [0.2, 0.25) is 0 Å². The number of amides is 2. The number of nitrogens with one attached hydrogen (secondary N) is 2. The van der Waals surface area contributed by atoms with Gasteiger partial charge in [0.15, 0.2) is 0 Å². The van der Waals surface area contributed by atoms with Crippen molar-refractivity contribution in [1.82, 2.24) is 5.32 Å². The molecule has 20 heavy (non-hydrogen) atoms. The lowest BCUT2D eigenvalue weighted by atomic mass is 10.2. The molecule has 0 heterocycles. The number of nitro groups is 1. The van der Waals surface area contributed by atoms with Crippen molar-refractivity contribution in [3.05, 3.63) is 34.4 Å². The lowest BCUT2D eigenvalue weighted by Crippen LogP contribution is -2.36. The van der Waals surface area contributed by atoms with Crippen molar-refractivity contribution in [1.29, 1.82) is 0 Å². The Balaban J connectivity index is 2.51. The predicted molar refractivity (Wildman–Crippen MR) is 71.6 cm³/mol. The minimum atomic E-state index is -0.933. The van der Waals surface area contributed by atoms with Gasteiger partial charge in [0.1, 0.15) is 0 Å². The van der Waals surface area contributed by atoms with Crippen LogP contribution in [0.4, 0.5) is 16.2 Å². The second-order valence-electron chi connectivity index (χ2n) is 4.24. The molecule has 0 spiro atoms. The first-order valence-electron chi connectivity index (χ1n) is 5.92. The average Bonchev–Trinajstić information content (AvgIpc) is 2.36. The Hall–Kier alpha value is -2.64. The van der Waals surface area contributed by atoms with E-state index in [1.165, 1.54) is 24.3 Å². The molecule has 0 aliphatic carbocycles. The molecule has 0 fully saturated rings. The summed E-state index contributed by atoms with van der Waals surface area (Å²) in [7, 11) is 0. The molecular weight excluding hydrogens is 266 g/mol. The van der Waals surface area contributed by atoms with Crippen molar-refractivity contribution >= 4 is 23.4 Å². The molecule has 1 rings (SSSR count). The highest BCUT2D eigenvalue weighted by atomic mass is 16.6. The summed E-state index contributed by atoms with van der Waals surface area (Å²) >= 11 is 0. The number of carboxylic acids is 1. The van der Waals surface area contributed by atoms with Crippen molar-refractivity contribution < 1.29 is 19.6 Å². The first kappa shape index (κ1) is 15.4. The van der Waals surface area contributed by atoms with Gasteiger partial charge in [0.25, 0.3) is 5.69 Å². The number of carbonyl (C=O) groups is 2. The van der Waals surface area contributed by atoms with Crippen LogP contribution in [0.1, 0.15) is 19.8 Å². The van der Waals surface area contributed by atoms with E-state index in [0.29, 0.717) is 12.1 Å². The van der Waals surface area contributed by atoms with Crippen LogP contribution < -0.4 is 10.6 Å². The largest absolute Gasteiger partial charge is 0.481 e. The summed E-state index contributed by atoms with van der Waals surface area (Å²) in [6, 6.07) is 4.68. The standard InChI is InChI=1S/C12H15N3O5/c1-8(5-6-11(16)17)13-12(18)14-9-3-2-4-10(7-9)15(19)20/h2-4,7-8H,5-6H2,1H3,(H,16,17)(H2,13,14,18). The third kappa shape index (κ3) is 5.34. The van der Waals surface area contributed by atoms with Crippen molar-refractivity contribution in [2.45, 2.75) is 25.8 Å². The van der Waals surface area contributed by atoms with Crippen molar-refractivity contribution in [3.63, 3.8) is 0 Å². The van der Waals surface area contributed by atoms with Gasteiger partial charge in [-0.2, -0.15) is 0 Å². The fourth-order valence-corrected chi connectivity index (χ4v) is 1.50. The molecule has 0 saturated heterocycles. The van der Waals surface area contributed by atoms with E-state index >= 15 is 0 Å². The Morgan fingerprint density at radius 2 is 2.15 bits per heavy atom. The second-order valence-corrected chi connectivity index (χ2v) is 4.24. The number of benzene rings is 1. The molecule has 1 aromatic rings. The second kappa shape index (κ2) is 7.07. The van der Waals surface area contributed by atoms with Gasteiger partial charge in [-0.25, -0.2) is 4.79 Å². The van der Waals surface area contributed by atoms with Crippen LogP contribution in [0.15, 0.2) is 24.3 Å². The Labute approximate surface area is 114 Å². The number of non-ortho nitro benzene ring substituents is 1. The summed E-state index contributed by atoms with van der Waals surface area (Å²) in [5.74, 6) is -0.933. The van der Waals surface area contributed by atoms with Gasteiger partial charge in [-0.05, 0) is 19.4 Å². The first-order chi connectivity index (χ1) is 9.38. The number of aliphatic carboxylic acids is 1. The topological polar surface area (TPSA) is 122 Å². The highest BCUT2D eigenvalue weighted by Gasteiger charge is 2.11. The Kier molecular flexibility index (Phi) is 5.45. The molecule has 8 heteroatoms. The number of anilines is 1. The van der Waals surface area contributed by atoms with E-state index in [1.807, 2.05) is 0 Å². The number of urea groups is 1. The lowest BCUT2D eigenvalue weighted by molar-refractivity contribution is -0.384. The number of carbonyl (C=O) groups excluding carboxylic acids is 1. The Morgan fingerprint density at radius 1 is 1.45 bits per heavy atom. The molecule has 0 aliphatic rings. The van der Waals surface area contributed by atoms with Crippen LogP contribution in [-0.4, -0.2) is 28.1 Å². The summed E-state index contributed by atoms with van der Waals surface area (Å²) in [5.41, 5.74) is 0.170. The van der Waals surface area contributed by atoms with Crippen molar-refractivity contribution in [2.75, 3.05) is 5.32 Å². The van der Waals surface area contributed by atoms with Gasteiger partial charge >= 0.3 is 12.0 Å². The van der Waals surface area contributed by atoms with Crippen molar-refractivity contribution in [3.8, 4) is 0 Å². The first-order valence-corrected chi connectivity index (χ1v) is 5.92. The molecule has 0 bridgehead atoms. The molecule has 1 atom stereocenters.